The third kappa shape index (κ3) is 5.76. The van der Waals surface area contributed by atoms with Crippen LogP contribution < -0.4 is 0 Å². The average Bonchev–Trinajstić information content (AvgIpc) is 2.90. The third-order valence-electron chi connectivity index (χ3n) is 3.50. The topological polar surface area (TPSA) is 0 Å². The Labute approximate surface area is 171 Å². The molecule has 0 bridgehead atoms. The number of rotatable bonds is 8. The Morgan fingerprint density at radius 3 is 1.40 bits per heavy atom. The summed E-state index contributed by atoms with van der Waals surface area (Å²) in [6.45, 7) is 4.50. The van der Waals surface area contributed by atoms with Crippen LogP contribution in [0.5, 0.6) is 0 Å². The maximum atomic E-state index is 2.25. The third-order valence-corrected chi connectivity index (χ3v) is 9.60. The van der Waals surface area contributed by atoms with E-state index in [1.54, 1.807) is 0 Å². The molecule has 0 aliphatic carbocycles. The van der Waals surface area contributed by atoms with Crippen LogP contribution in [0.1, 0.15) is 9.75 Å². The zero-order valence-electron chi connectivity index (χ0n) is 14.2. The van der Waals surface area contributed by atoms with Gasteiger partial charge in [-0.1, -0.05) is 36.4 Å². The SMILES string of the molecule is Cc1sc(C)c(SCSc2ccccc2)c1SCSc1ccccc1. The zero-order chi connectivity index (χ0) is 17.5. The highest BCUT2D eigenvalue weighted by Gasteiger charge is 2.14. The van der Waals surface area contributed by atoms with Crippen LogP contribution in [0.15, 0.2) is 80.2 Å². The molecule has 0 aliphatic heterocycles. The summed E-state index contributed by atoms with van der Waals surface area (Å²) in [6.07, 6.45) is 0. The Morgan fingerprint density at radius 1 is 0.600 bits per heavy atom. The molecule has 0 spiro atoms. The van der Waals surface area contributed by atoms with Gasteiger partial charge in [-0.2, -0.15) is 0 Å². The molecule has 25 heavy (non-hydrogen) atoms. The van der Waals surface area contributed by atoms with E-state index < -0.39 is 0 Å². The monoisotopic (exact) mass is 420 g/mol. The van der Waals surface area contributed by atoms with Crippen molar-refractivity contribution in [2.75, 3.05) is 10.2 Å². The van der Waals surface area contributed by atoms with Crippen LogP contribution >= 0.6 is 58.4 Å². The Balaban J connectivity index is 1.58. The molecule has 1 heterocycles. The van der Waals surface area contributed by atoms with Crippen molar-refractivity contribution in [3.8, 4) is 0 Å². The van der Waals surface area contributed by atoms with E-state index >= 15 is 0 Å². The molecule has 3 rings (SSSR count). The number of thioether (sulfide) groups is 4. The summed E-state index contributed by atoms with van der Waals surface area (Å²) < 4.78 is 0. The summed E-state index contributed by atoms with van der Waals surface area (Å²) in [5.74, 6) is 0. The molecule has 1 aromatic heterocycles. The Hall–Kier alpha value is -0.460. The van der Waals surface area contributed by atoms with Gasteiger partial charge in [0.1, 0.15) is 0 Å². The Morgan fingerprint density at radius 2 is 1.00 bits per heavy atom. The molecule has 0 unspecified atom stereocenters. The van der Waals surface area contributed by atoms with Gasteiger partial charge in [0, 0.05) is 39.5 Å². The van der Waals surface area contributed by atoms with Crippen molar-refractivity contribution in [1.29, 1.82) is 0 Å². The van der Waals surface area contributed by atoms with Gasteiger partial charge in [-0.25, -0.2) is 0 Å². The zero-order valence-corrected chi connectivity index (χ0v) is 18.3. The van der Waals surface area contributed by atoms with Crippen LogP contribution in [-0.4, -0.2) is 10.2 Å². The van der Waals surface area contributed by atoms with Crippen molar-refractivity contribution in [1.82, 2.24) is 0 Å². The lowest BCUT2D eigenvalue weighted by Crippen LogP contribution is -1.81. The standard InChI is InChI=1S/C20H20S5/c1-15-19(23-13-21-17-9-5-3-6-10-17)20(16(2)25-15)24-14-22-18-11-7-4-8-12-18/h3-12H,13-14H2,1-2H3. The molecule has 0 saturated carbocycles. The van der Waals surface area contributed by atoms with Gasteiger partial charge >= 0.3 is 0 Å². The van der Waals surface area contributed by atoms with Crippen molar-refractivity contribution >= 4 is 58.4 Å². The van der Waals surface area contributed by atoms with Gasteiger partial charge in [-0.15, -0.1) is 58.4 Å². The second kappa shape index (κ2) is 10.0. The predicted octanol–water partition coefficient (Wildman–Crippen LogP) is 8.05. The molecule has 0 nitrogen and oxygen atoms in total. The van der Waals surface area contributed by atoms with Crippen molar-refractivity contribution < 1.29 is 0 Å². The first-order chi connectivity index (χ1) is 12.2. The summed E-state index contributed by atoms with van der Waals surface area (Å²) in [4.78, 5) is 8.53. The van der Waals surface area contributed by atoms with E-state index in [9.17, 15) is 0 Å². The van der Waals surface area contributed by atoms with E-state index in [4.69, 9.17) is 0 Å². The summed E-state index contributed by atoms with van der Waals surface area (Å²) in [6, 6.07) is 21.3. The molecule has 0 saturated heterocycles. The second-order valence-corrected chi connectivity index (χ2v) is 11.5. The molecule has 5 heteroatoms. The van der Waals surface area contributed by atoms with E-state index in [0.29, 0.717) is 0 Å². The van der Waals surface area contributed by atoms with Crippen LogP contribution in [0.4, 0.5) is 0 Å². The predicted molar refractivity (Wildman–Crippen MR) is 120 cm³/mol. The van der Waals surface area contributed by atoms with E-state index in [-0.39, 0.29) is 0 Å². The van der Waals surface area contributed by atoms with Gasteiger partial charge in [-0.3, -0.25) is 0 Å². The molecular formula is C20H20S5. The number of benzene rings is 2. The van der Waals surface area contributed by atoms with Crippen LogP contribution in [0.3, 0.4) is 0 Å². The van der Waals surface area contributed by atoms with Crippen molar-refractivity contribution in [3.05, 3.63) is 70.4 Å². The van der Waals surface area contributed by atoms with Crippen molar-refractivity contribution in [2.24, 2.45) is 0 Å². The molecule has 0 radical (unpaired) electrons. The summed E-state index contributed by atoms with van der Waals surface area (Å²) in [5, 5.41) is 2.11. The summed E-state index contributed by atoms with van der Waals surface area (Å²) >= 11 is 9.72. The molecular weight excluding hydrogens is 401 g/mol. The maximum absolute atomic E-state index is 2.25. The first-order valence-corrected chi connectivity index (χ1v) is 12.7. The highest BCUT2D eigenvalue weighted by molar-refractivity contribution is 8.17. The molecule has 0 N–H and O–H groups in total. The first-order valence-electron chi connectivity index (χ1n) is 7.95. The van der Waals surface area contributed by atoms with Crippen LogP contribution in [0, 0.1) is 13.8 Å². The molecule has 0 amide bonds. The summed E-state index contributed by atoms with van der Waals surface area (Å²) in [7, 11) is 0. The quantitative estimate of drug-likeness (QED) is 0.267. The van der Waals surface area contributed by atoms with Gasteiger partial charge in [0.25, 0.3) is 0 Å². The Bertz CT molecular complexity index is 715. The van der Waals surface area contributed by atoms with Crippen LogP contribution in [0.2, 0.25) is 0 Å². The van der Waals surface area contributed by atoms with Crippen LogP contribution in [-0.2, 0) is 0 Å². The van der Waals surface area contributed by atoms with Crippen molar-refractivity contribution in [3.63, 3.8) is 0 Å². The molecule has 2 aromatic carbocycles. The fraction of sp³-hybridized carbons (Fsp3) is 0.200. The number of thiophene rings is 1. The highest BCUT2D eigenvalue weighted by atomic mass is 32.2. The molecule has 3 aromatic rings. The molecule has 0 atom stereocenters. The van der Waals surface area contributed by atoms with E-state index in [1.165, 1.54) is 29.3 Å². The fourth-order valence-corrected chi connectivity index (χ4v) is 8.43. The summed E-state index contributed by atoms with van der Waals surface area (Å²) in [5.41, 5.74) is 0. The van der Waals surface area contributed by atoms with Gasteiger partial charge in [0.15, 0.2) is 0 Å². The minimum atomic E-state index is 1.06. The minimum Gasteiger partial charge on any atom is -0.144 e. The minimum absolute atomic E-state index is 1.06. The van der Waals surface area contributed by atoms with Crippen molar-refractivity contribution in [2.45, 2.75) is 33.4 Å². The largest absolute Gasteiger partial charge is 0.144 e. The smallest absolute Gasteiger partial charge is 0.0487 e. The number of hydrogen-bond acceptors (Lipinski definition) is 5. The van der Waals surface area contributed by atoms with E-state index in [0.717, 1.165) is 10.2 Å². The lowest BCUT2D eigenvalue weighted by atomic mass is 10.4. The highest BCUT2D eigenvalue weighted by Crippen LogP contribution is 2.44. The van der Waals surface area contributed by atoms with Gasteiger partial charge in [0.05, 0.1) is 0 Å². The second-order valence-electron chi connectivity index (χ2n) is 5.31. The lowest BCUT2D eigenvalue weighted by Gasteiger charge is -2.07. The first kappa shape index (κ1) is 19.3. The van der Waals surface area contributed by atoms with Crippen LogP contribution in [0.25, 0.3) is 0 Å². The van der Waals surface area contributed by atoms with E-state index in [1.807, 2.05) is 58.4 Å². The fourth-order valence-electron chi connectivity index (χ4n) is 2.32. The number of aryl methyl sites for hydroxylation is 2. The molecule has 130 valence electrons. The van der Waals surface area contributed by atoms with E-state index in [2.05, 4.69) is 74.5 Å². The number of hydrogen-bond donors (Lipinski definition) is 0. The Kier molecular flexibility index (Phi) is 7.74. The normalized spacial score (nSPS) is 11.0. The van der Waals surface area contributed by atoms with Gasteiger partial charge < -0.3 is 0 Å². The van der Waals surface area contributed by atoms with Gasteiger partial charge in [-0.05, 0) is 38.1 Å². The maximum Gasteiger partial charge on any atom is 0.0487 e. The molecule has 0 fully saturated rings. The van der Waals surface area contributed by atoms with Gasteiger partial charge in [0.2, 0.25) is 0 Å². The lowest BCUT2D eigenvalue weighted by molar-refractivity contribution is 1.23. The molecule has 0 aliphatic rings. The average molecular weight is 421 g/mol.